The van der Waals surface area contributed by atoms with Crippen LogP contribution in [0.1, 0.15) is 58.3 Å². The molecule has 0 amide bonds. The van der Waals surface area contributed by atoms with Crippen molar-refractivity contribution in [2.45, 2.75) is 64.3 Å². The molecule has 21 heavy (non-hydrogen) atoms. The van der Waals surface area contributed by atoms with Crippen molar-refractivity contribution in [2.75, 3.05) is 26.2 Å². The van der Waals surface area contributed by atoms with Crippen molar-refractivity contribution in [2.24, 2.45) is 11.8 Å². The van der Waals surface area contributed by atoms with Crippen molar-refractivity contribution in [3.8, 4) is 0 Å². The molecule has 0 aromatic heterocycles. The zero-order chi connectivity index (χ0) is 15.1. The lowest BCUT2D eigenvalue weighted by Crippen LogP contribution is -2.50. The van der Waals surface area contributed by atoms with E-state index in [1.807, 2.05) is 0 Å². The SMILES string of the molecule is CCC1CC(NCC2CCCCC2)CN(CCC(=O)O)C1. The Bertz CT molecular complexity index is 316. The molecule has 1 heterocycles. The number of carboxylic acids is 1. The molecule has 1 aliphatic carbocycles. The molecule has 4 nitrogen and oxygen atoms in total. The Kier molecular flexibility index (Phi) is 6.97. The Morgan fingerprint density at radius 3 is 2.62 bits per heavy atom. The average molecular weight is 296 g/mol. The van der Waals surface area contributed by atoms with Gasteiger partial charge in [-0.3, -0.25) is 4.79 Å². The third kappa shape index (κ3) is 5.95. The molecule has 0 radical (unpaired) electrons. The number of hydrogen-bond donors (Lipinski definition) is 2. The van der Waals surface area contributed by atoms with E-state index in [2.05, 4.69) is 17.1 Å². The summed E-state index contributed by atoms with van der Waals surface area (Å²) in [6.45, 7) is 6.22. The highest BCUT2D eigenvalue weighted by atomic mass is 16.4. The highest BCUT2D eigenvalue weighted by Crippen LogP contribution is 2.24. The molecule has 0 spiro atoms. The van der Waals surface area contributed by atoms with Gasteiger partial charge in [0.1, 0.15) is 0 Å². The second-order valence-electron chi connectivity index (χ2n) is 7.02. The molecule has 2 atom stereocenters. The summed E-state index contributed by atoms with van der Waals surface area (Å²) in [5.74, 6) is 0.907. The van der Waals surface area contributed by atoms with Crippen LogP contribution < -0.4 is 5.32 Å². The van der Waals surface area contributed by atoms with Crippen LogP contribution in [-0.2, 0) is 4.79 Å². The number of piperidine rings is 1. The molecular formula is C17H32N2O2. The Balaban J connectivity index is 1.75. The van der Waals surface area contributed by atoms with E-state index >= 15 is 0 Å². The van der Waals surface area contributed by atoms with Gasteiger partial charge in [-0.25, -0.2) is 0 Å². The van der Waals surface area contributed by atoms with Crippen molar-refractivity contribution in [3.63, 3.8) is 0 Å². The largest absolute Gasteiger partial charge is 0.481 e. The molecule has 0 aromatic rings. The predicted octanol–water partition coefficient (Wildman–Crippen LogP) is 2.73. The fraction of sp³-hybridized carbons (Fsp3) is 0.941. The Hall–Kier alpha value is -0.610. The summed E-state index contributed by atoms with van der Waals surface area (Å²) in [5, 5.41) is 12.6. The first-order valence-corrected chi connectivity index (χ1v) is 8.85. The van der Waals surface area contributed by atoms with Crippen LogP contribution in [0.3, 0.4) is 0 Å². The Labute approximate surface area is 129 Å². The summed E-state index contributed by atoms with van der Waals surface area (Å²) >= 11 is 0. The first-order chi connectivity index (χ1) is 10.2. The summed E-state index contributed by atoms with van der Waals surface area (Å²) < 4.78 is 0. The van der Waals surface area contributed by atoms with Crippen molar-refractivity contribution in [1.29, 1.82) is 0 Å². The first-order valence-electron chi connectivity index (χ1n) is 8.85. The minimum absolute atomic E-state index is 0.270. The fourth-order valence-electron chi connectivity index (χ4n) is 3.91. The molecule has 2 unspecified atom stereocenters. The lowest BCUT2D eigenvalue weighted by atomic mass is 9.88. The van der Waals surface area contributed by atoms with Gasteiger partial charge in [-0.2, -0.15) is 0 Å². The molecule has 0 aromatic carbocycles. The van der Waals surface area contributed by atoms with Crippen molar-refractivity contribution in [3.05, 3.63) is 0 Å². The van der Waals surface area contributed by atoms with Crippen LogP contribution in [0.25, 0.3) is 0 Å². The van der Waals surface area contributed by atoms with Gasteiger partial charge in [0.15, 0.2) is 0 Å². The standard InChI is InChI=1S/C17H32N2O2/c1-2-14-10-16(13-19(12-14)9-8-17(20)21)18-11-15-6-4-3-5-7-15/h14-16,18H,2-13H2,1H3,(H,20,21). The summed E-state index contributed by atoms with van der Waals surface area (Å²) in [7, 11) is 0. The van der Waals surface area contributed by atoms with E-state index in [1.54, 1.807) is 0 Å². The molecule has 2 fully saturated rings. The van der Waals surface area contributed by atoms with Gasteiger partial charge in [0.05, 0.1) is 6.42 Å². The van der Waals surface area contributed by atoms with Gasteiger partial charge in [-0.15, -0.1) is 0 Å². The van der Waals surface area contributed by atoms with E-state index in [0.29, 0.717) is 12.6 Å². The Morgan fingerprint density at radius 2 is 1.95 bits per heavy atom. The van der Waals surface area contributed by atoms with Crippen LogP contribution in [-0.4, -0.2) is 48.2 Å². The molecular weight excluding hydrogens is 264 g/mol. The second kappa shape index (κ2) is 8.74. The van der Waals surface area contributed by atoms with Crippen LogP contribution >= 0.6 is 0 Å². The van der Waals surface area contributed by atoms with Crippen LogP contribution in [0.4, 0.5) is 0 Å². The zero-order valence-electron chi connectivity index (χ0n) is 13.5. The number of nitrogens with one attached hydrogen (secondary N) is 1. The maximum atomic E-state index is 10.8. The molecule has 1 aliphatic heterocycles. The maximum absolute atomic E-state index is 10.8. The molecule has 2 aliphatic rings. The summed E-state index contributed by atoms with van der Waals surface area (Å²) in [6.07, 6.45) is 9.72. The van der Waals surface area contributed by atoms with Gasteiger partial charge >= 0.3 is 5.97 Å². The Morgan fingerprint density at radius 1 is 1.19 bits per heavy atom. The highest BCUT2D eigenvalue weighted by molar-refractivity contribution is 5.66. The number of hydrogen-bond acceptors (Lipinski definition) is 3. The highest BCUT2D eigenvalue weighted by Gasteiger charge is 2.26. The molecule has 2 N–H and O–H groups in total. The van der Waals surface area contributed by atoms with E-state index in [-0.39, 0.29) is 6.42 Å². The summed E-state index contributed by atoms with van der Waals surface area (Å²) in [5.41, 5.74) is 0. The van der Waals surface area contributed by atoms with Crippen LogP contribution in [0, 0.1) is 11.8 Å². The van der Waals surface area contributed by atoms with E-state index in [4.69, 9.17) is 5.11 Å². The third-order valence-corrected chi connectivity index (χ3v) is 5.25. The second-order valence-corrected chi connectivity index (χ2v) is 7.02. The van der Waals surface area contributed by atoms with Crippen LogP contribution in [0.15, 0.2) is 0 Å². The normalized spacial score (nSPS) is 28.6. The fourth-order valence-corrected chi connectivity index (χ4v) is 3.91. The minimum Gasteiger partial charge on any atom is -0.481 e. The van der Waals surface area contributed by atoms with Gasteiger partial charge in [0.2, 0.25) is 0 Å². The van der Waals surface area contributed by atoms with Gasteiger partial charge in [-0.05, 0) is 37.6 Å². The lowest BCUT2D eigenvalue weighted by molar-refractivity contribution is -0.137. The lowest BCUT2D eigenvalue weighted by Gasteiger charge is -2.38. The minimum atomic E-state index is -0.680. The summed E-state index contributed by atoms with van der Waals surface area (Å²) in [6, 6.07) is 0.555. The van der Waals surface area contributed by atoms with E-state index in [9.17, 15) is 4.79 Å². The molecule has 0 bridgehead atoms. The number of carboxylic acid groups (broad SMARTS) is 1. The first kappa shape index (κ1) is 16.8. The number of likely N-dealkylation sites (tertiary alicyclic amines) is 1. The number of rotatable bonds is 7. The van der Waals surface area contributed by atoms with Crippen LogP contribution in [0.2, 0.25) is 0 Å². The van der Waals surface area contributed by atoms with Gasteiger partial charge < -0.3 is 15.3 Å². The third-order valence-electron chi connectivity index (χ3n) is 5.25. The van der Waals surface area contributed by atoms with E-state index in [1.165, 1.54) is 44.9 Å². The monoisotopic (exact) mass is 296 g/mol. The maximum Gasteiger partial charge on any atom is 0.304 e. The number of carbonyl (C=O) groups is 1. The van der Waals surface area contributed by atoms with E-state index in [0.717, 1.165) is 31.5 Å². The van der Waals surface area contributed by atoms with Crippen molar-refractivity contribution < 1.29 is 9.90 Å². The quantitative estimate of drug-likeness (QED) is 0.758. The number of nitrogens with zero attached hydrogens (tertiary/aromatic N) is 1. The van der Waals surface area contributed by atoms with Crippen molar-refractivity contribution in [1.82, 2.24) is 10.2 Å². The van der Waals surface area contributed by atoms with Crippen LogP contribution in [0.5, 0.6) is 0 Å². The smallest absolute Gasteiger partial charge is 0.304 e. The van der Waals surface area contributed by atoms with Gasteiger partial charge in [0, 0.05) is 25.7 Å². The van der Waals surface area contributed by atoms with Crippen molar-refractivity contribution >= 4 is 5.97 Å². The molecule has 4 heteroatoms. The molecule has 1 saturated heterocycles. The molecule has 122 valence electrons. The molecule has 2 rings (SSSR count). The van der Waals surface area contributed by atoms with Gasteiger partial charge in [-0.1, -0.05) is 32.6 Å². The zero-order valence-corrected chi connectivity index (χ0v) is 13.5. The molecule has 1 saturated carbocycles. The topological polar surface area (TPSA) is 52.6 Å². The average Bonchev–Trinajstić information content (AvgIpc) is 2.51. The number of aliphatic carboxylic acids is 1. The summed E-state index contributed by atoms with van der Waals surface area (Å²) in [4.78, 5) is 13.1. The van der Waals surface area contributed by atoms with E-state index < -0.39 is 5.97 Å². The predicted molar refractivity (Wildman–Crippen MR) is 85.5 cm³/mol. The van der Waals surface area contributed by atoms with Gasteiger partial charge in [0.25, 0.3) is 0 Å².